The second kappa shape index (κ2) is 3.26. The van der Waals surface area contributed by atoms with Crippen LogP contribution in [0.1, 0.15) is 33.1 Å². The summed E-state index contributed by atoms with van der Waals surface area (Å²) >= 11 is 0. The fraction of sp³-hybridized carbons (Fsp3) is 0.800. The molecule has 3 fully saturated rings. The number of allylic oxidation sites excluding steroid dienone is 1. The van der Waals surface area contributed by atoms with Crippen molar-refractivity contribution in [2.45, 2.75) is 39.4 Å². The Morgan fingerprint density at radius 2 is 2.17 bits per heavy atom. The maximum atomic E-state index is 12.2. The van der Waals surface area contributed by atoms with Crippen molar-refractivity contribution in [2.24, 2.45) is 22.7 Å². The number of ketones is 1. The minimum atomic E-state index is -0.207. The molecule has 3 nitrogen and oxygen atoms in total. The molecule has 4 atom stereocenters. The van der Waals surface area contributed by atoms with Crippen molar-refractivity contribution in [3.05, 3.63) is 11.6 Å². The molecule has 0 unspecified atom stereocenters. The van der Waals surface area contributed by atoms with Crippen molar-refractivity contribution in [1.29, 1.82) is 0 Å². The van der Waals surface area contributed by atoms with E-state index >= 15 is 0 Å². The van der Waals surface area contributed by atoms with Gasteiger partial charge in [-0.3, -0.25) is 4.79 Å². The lowest BCUT2D eigenvalue weighted by Crippen LogP contribution is -2.53. The zero-order valence-electron chi connectivity index (χ0n) is 11.1. The molecule has 0 aromatic carbocycles. The molecule has 1 spiro atoms. The second-order valence-electron chi connectivity index (χ2n) is 6.91. The third kappa shape index (κ3) is 1.11. The zero-order valence-corrected chi connectivity index (χ0v) is 11.1. The molecular formula is C15H20O3. The quantitative estimate of drug-likeness (QED) is 0.617. The summed E-state index contributed by atoms with van der Waals surface area (Å²) in [6, 6.07) is 0. The Hall–Kier alpha value is -0.670. The van der Waals surface area contributed by atoms with E-state index in [4.69, 9.17) is 9.47 Å². The van der Waals surface area contributed by atoms with Crippen molar-refractivity contribution >= 4 is 5.78 Å². The molecule has 2 aliphatic carbocycles. The lowest BCUT2D eigenvalue weighted by Gasteiger charge is -2.53. The first-order valence-electron chi connectivity index (χ1n) is 7.01. The highest BCUT2D eigenvalue weighted by atomic mass is 16.7. The molecule has 0 aromatic heterocycles. The van der Waals surface area contributed by atoms with Gasteiger partial charge >= 0.3 is 0 Å². The number of hydrogen-bond donors (Lipinski definition) is 0. The van der Waals surface area contributed by atoms with E-state index in [0.29, 0.717) is 24.0 Å². The average molecular weight is 248 g/mol. The summed E-state index contributed by atoms with van der Waals surface area (Å²) in [5, 5.41) is 0. The van der Waals surface area contributed by atoms with Gasteiger partial charge < -0.3 is 9.47 Å². The van der Waals surface area contributed by atoms with Gasteiger partial charge in [-0.05, 0) is 24.3 Å². The molecule has 4 rings (SSSR count). The first kappa shape index (κ1) is 11.2. The van der Waals surface area contributed by atoms with Crippen molar-refractivity contribution in [3.63, 3.8) is 0 Å². The Balaban J connectivity index is 1.84. The summed E-state index contributed by atoms with van der Waals surface area (Å²) in [5.74, 6) is 1.27. The maximum absolute atomic E-state index is 12.2. The molecule has 1 saturated carbocycles. The number of hydrogen-bond acceptors (Lipinski definition) is 3. The zero-order chi connectivity index (χ0) is 12.5. The van der Waals surface area contributed by atoms with E-state index in [2.05, 4.69) is 19.9 Å². The molecule has 0 N–H and O–H groups in total. The van der Waals surface area contributed by atoms with Crippen LogP contribution in [0.25, 0.3) is 0 Å². The van der Waals surface area contributed by atoms with Crippen LogP contribution in [0, 0.1) is 22.7 Å². The van der Waals surface area contributed by atoms with Gasteiger partial charge in [0.05, 0.1) is 13.2 Å². The standard InChI is InChI=1S/C15H20O3/c1-14(2)10-4-3-9-7-17-13-12(9)15(10,8-18-13)6-5-11(14)16/h3,10,12-13H,4-8H2,1-2H3/t10-,12+,13+,15+/m0/s1. The molecular weight excluding hydrogens is 228 g/mol. The number of ether oxygens (including phenoxy) is 2. The summed E-state index contributed by atoms with van der Waals surface area (Å²) in [7, 11) is 0. The van der Waals surface area contributed by atoms with Gasteiger partial charge in [0.1, 0.15) is 5.78 Å². The molecule has 4 aliphatic rings. The Kier molecular flexibility index (Phi) is 2.02. The topological polar surface area (TPSA) is 35.5 Å². The van der Waals surface area contributed by atoms with Crippen LogP contribution in [0.5, 0.6) is 0 Å². The number of rotatable bonds is 0. The molecule has 0 amide bonds. The fourth-order valence-electron chi connectivity index (χ4n) is 4.94. The van der Waals surface area contributed by atoms with Crippen LogP contribution in [-0.2, 0) is 14.3 Å². The highest BCUT2D eigenvalue weighted by Crippen LogP contribution is 2.63. The average Bonchev–Trinajstić information content (AvgIpc) is 2.91. The molecule has 18 heavy (non-hydrogen) atoms. The van der Waals surface area contributed by atoms with Gasteiger partial charge in [0.15, 0.2) is 6.29 Å². The summed E-state index contributed by atoms with van der Waals surface area (Å²) < 4.78 is 11.7. The number of Topliss-reactive ketones (excluding diaryl/α,β-unsaturated/α-hetero) is 1. The van der Waals surface area contributed by atoms with Gasteiger partial charge in [0.2, 0.25) is 0 Å². The van der Waals surface area contributed by atoms with E-state index < -0.39 is 0 Å². The Morgan fingerprint density at radius 3 is 3.00 bits per heavy atom. The minimum Gasteiger partial charge on any atom is -0.351 e. The maximum Gasteiger partial charge on any atom is 0.165 e. The summed E-state index contributed by atoms with van der Waals surface area (Å²) in [6.45, 7) is 5.77. The van der Waals surface area contributed by atoms with E-state index in [1.54, 1.807) is 0 Å². The predicted molar refractivity (Wildman–Crippen MR) is 65.8 cm³/mol. The molecule has 3 heteroatoms. The van der Waals surface area contributed by atoms with Crippen molar-refractivity contribution < 1.29 is 14.3 Å². The molecule has 2 aliphatic heterocycles. The van der Waals surface area contributed by atoms with E-state index in [-0.39, 0.29) is 17.1 Å². The summed E-state index contributed by atoms with van der Waals surface area (Å²) in [6.07, 6.45) is 5.00. The fourth-order valence-corrected chi connectivity index (χ4v) is 4.94. The smallest absolute Gasteiger partial charge is 0.165 e. The SMILES string of the molecule is CC1(C)C(=O)CC[C@@]23CO[C@H]4OCC(=CC[C@@H]12)[C@H]43. The molecule has 2 heterocycles. The first-order chi connectivity index (χ1) is 8.56. The molecule has 0 bridgehead atoms. The van der Waals surface area contributed by atoms with Gasteiger partial charge in [-0.2, -0.15) is 0 Å². The monoisotopic (exact) mass is 248 g/mol. The van der Waals surface area contributed by atoms with Crippen LogP contribution in [0.4, 0.5) is 0 Å². The number of carbonyl (C=O) groups excluding carboxylic acids is 1. The van der Waals surface area contributed by atoms with Gasteiger partial charge in [0.25, 0.3) is 0 Å². The molecule has 0 aromatic rings. The van der Waals surface area contributed by atoms with E-state index in [9.17, 15) is 4.79 Å². The Morgan fingerprint density at radius 1 is 1.33 bits per heavy atom. The summed E-state index contributed by atoms with van der Waals surface area (Å²) in [5.41, 5.74) is 1.39. The largest absolute Gasteiger partial charge is 0.351 e. The molecule has 0 radical (unpaired) electrons. The van der Waals surface area contributed by atoms with Crippen LogP contribution >= 0.6 is 0 Å². The Bertz CT molecular complexity index is 451. The van der Waals surface area contributed by atoms with Gasteiger partial charge in [0, 0.05) is 23.2 Å². The second-order valence-corrected chi connectivity index (χ2v) is 6.91. The predicted octanol–water partition coefficient (Wildman–Crippen LogP) is 2.31. The van der Waals surface area contributed by atoms with Crippen LogP contribution in [0.2, 0.25) is 0 Å². The van der Waals surface area contributed by atoms with Crippen LogP contribution in [0.15, 0.2) is 11.6 Å². The van der Waals surface area contributed by atoms with Gasteiger partial charge in [-0.1, -0.05) is 19.9 Å². The van der Waals surface area contributed by atoms with Crippen LogP contribution in [0.3, 0.4) is 0 Å². The van der Waals surface area contributed by atoms with Crippen LogP contribution < -0.4 is 0 Å². The third-order valence-electron chi connectivity index (χ3n) is 5.94. The third-order valence-corrected chi connectivity index (χ3v) is 5.94. The minimum absolute atomic E-state index is 0.0388. The molecule has 98 valence electrons. The van der Waals surface area contributed by atoms with Crippen molar-refractivity contribution in [2.75, 3.05) is 13.2 Å². The van der Waals surface area contributed by atoms with E-state index in [1.165, 1.54) is 5.57 Å². The lowest BCUT2D eigenvalue weighted by molar-refractivity contribution is -0.142. The highest BCUT2D eigenvalue weighted by Gasteiger charge is 2.64. The van der Waals surface area contributed by atoms with E-state index in [1.807, 2.05) is 0 Å². The lowest BCUT2D eigenvalue weighted by atomic mass is 9.48. The van der Waals surface area contributed by atoms with Crippen molar-refractivity contribution in [1.82, 2.24) is 0 Å². The Labute approximate surface area is 108 Å². The highest BCUT2D eigenvalue weighted by molar-refractivity contribution is 5.85. The van der Waals surface area contributed by atoms with E-state index in [0.717, 1.165) is 26.1 Å². The molecule has 2 saturated heterocycles. The van der Waals surface area contributed by atoms with Crippen molar-refractivity contribution in [3.8, 4) is 0 Å². The van der Waals surface area contributed by atoms with Gasteiger partial charge in [-0.25, -0.2) is 0 Å². The first-order valence-corrected chi connectivity index (χ1v) is 7.01. The summed E-state index contributed by atoms with van der Waals surface area (Å²) in [4.78, 5) is 12.2. The number of carbonyl (C=O) groups is 1. The normalized spacial score (nSPS) is 48.7. The van der Waals surface area contributed by atoms with Crippen LogP contribution in [-0.4, -0.2) is 25.3 Å². The van der Waals surface area contributed by atoms with Gasteiger partial charge in [-0.15, -0.1) is 0 Å².